The van der Waals surface area contributed by atoms with Gasteiger partial charge < -0.3 is 45.8 Å². The fourth-order valence-corrected chi connectivity index (χ4v) is 12.2. The summed E-state index contributed by atoms with van der Waals surface area (Å²) >= 11 is 0. The van der Waals surface area contributed by atoms with Gasteiger partial charge in [-0.2, -0.15) is 0 Å². The van der Waals surface area contributed by atoms with Gasteiger partial charge >= 0.3 is 7.60 Å². The van der Waals surface area contributed by atoms with Crippen LogP contribution in [0.25, 0.3) is 10.9 Å². The van der Waals surface area contributed by atoms with Gasteiger partial charge in [-0.1, -0.05) is 91.1 Å². The van der Waals surface area contributed by atoms with Gasteiger partial charge in [0, 0.05) is 79.8 Å². The minimum absolute atomic E-state index is 0.117. The number of hydrogen-bond donors (Lipinski definition) is 7. The lowest BCUT2D eigenvalue weighted by atomic mass is 9.95. The highest BCUT2D eigenvalue weighted by atomic mass is 31.2. The van der Waals surface area contributed by atoms with E-state index in [4.69, 9.17) is 5.73 Å². The molecule has 81 heavy (non-hydrogen) atoms. The molecule has 8 N–H and O–H groups in total. The Morgan fingerprint density at radius 2 is 1.56 bits per heavy atom. The van der Waals surface area contributed by atoms with E-state index in [-0.39, 0.29) is 88.0 Å². The molecular weight excluding hydrogens is 1060 g/mol. The fraction of sp³-hybridized carbons (Fsp3) is 0.383. The summed E-state index contributed by atoms with van der Waals surface area (Å²) in [6, 6.07) is 26.0. The minimum Gasteiger partial charge on any atom is -0.370 e. The Balaban J connectivity index is 0.875. The third-order valence-electron chi connectivity index (χ3n) is 15.6. The number of carbonyl (C=O) groups excluding carboxylic acids is 9. The van der Waals surface area contributed by atoms with Crippen LogP contribution in [0.2, 0.25) is 0 Å². The second-order valence-electron chi connectivity index (χ2n) is 21.3. The number of nitrogens with two attached hydrogens (primary N) is 1. The van der Waals surface area contributed by atoms with Crippen LogP contribution in [0.4, 0.5) is 0 Å². The molecule has 0 bridgehead atoms. The summed E-state index contributed by atoms with van der Waals surface area (Å²) in [7, 11) is -4.39. The first-order valence-corrected chi connectivity index (χ1v) is 29.2. The molecule has 21 heteroatoms. The van der Waals surface area contributed by atoms with Crippen LogP contribution < -0.4 is 21.7 Å². The summed E-state index contributed by atoms with van der Waals surface area (Å²) < 4.78 is 11.8. The number of aromatic nitrogens is 1. The van der Waals surface area contributed by atoms with Crippen molar-refractivity contribution in [2.75, 3.05) is 13.1 Å². The van der Waals surface area contributed by atoms with E-state index in [0.717, 1.165) is 16.7 Å². The van der Waals surface area contributed by atoms with Gasteiger partial charge in [-0.25, -0.2) is 0 Å². The molecule has 5 aromatic rings. The summed E-state index contributed by atoms with van der Waals surface area (Å²) in [6.45, 7) is 0.328. The van der Waals surface area contributed by atoms with Gasteiger partial charge in [-0.3, -0.25) is 53.0 Å². The number of hydrogen-bond acceptors (Lipinski definition) is 10. The normalized spacial score (nSPS) is 19.5. The molecule has 3 fully saturated rings. The number of piperidine rings is 1. The Morgan fingerprint density at radius 1 is 0.815 bits per heavy atom. The number of amides is 8. The quantitative estimate of drug-likeness (QED) is 0.0177. The lowest BCUT2D eigenvalue weighted by Crippen LogP contribution is -2.57. The summed E-state index contributed by atoms with van der Waals surface area (Å²) in [4.78, 5) is 149. The van der Waals surface area contributed by atoms with E-state index >= 15 is 4.79 Å². The topological polar surface area (TPSA) is 299 Å². The van der Waals surface area contributed by atoms with E-state index in [0.29, 0.717) is 66.1 Å². The number of nitrogens with one attached hydrogen (secondary N) is 4. The number of fused-ring (bicyclic) bond motifs is 3. The van der Waals surface area contributed by atoms with Crippen LogP contribution in [0.15, 0.2) is 103 Å². The molecule has 1 aromatic heterocycles. The van der Waals surface area contributed by atoms with Gasteiger partial charge in [0.2, 0.25) is 41.4 Å². The first kappa shape index (κ1) is 57.4. The number of rotatable bonds is 20. The second kappa shape index (κ2) is 25.5. The molecule has 4 aromatic carbocycles. The zero-order valence-corrected chi connectivity index (χ0v) is 45.5. The number of imide groups is 1. The Hall–Kier alpha value is -8.24. The lowest BCUT2D eigenvalue weighted by Gasteiger charge is -2.38. The molecule has 4 aliphatic rings. The van der Waals surface area contributed by atoms with E-state index in [1.54, 1.807) is 41.3 Å². The van der Waals surface area contributed by atoms with Gasteiger partial charge in [0.15, 0.2) is 5.78 Å². The zero-order valence-electron chi connectivity index (χ0n) is 44.6. The molecule has 8 amide bonds. The van der Waals surface area contributed by atoms with Gasteiger partial charge in [-0.05, 0) is 97.5 Å². The molecule has 5 heterocycles. The standard InChI is InChI=1S/C60H65N8O12P/c61-52(70)27-24-47(56(73)65-55(39-14-7-4-8-15-39)40-16-9-5-10-17-40)63-58(75)50-25-22-43-29-30-66(34-42(59(76)68(43)50)33-51(69)48-32-41-31-37(36-81(78,79)80)21-23-46(41)62-48)54(72)20-11-3-1-2-6-13-38-18-12-19-44-45(38)35-67(60(44)77)49-26-28-53(71)64-57(49)74/h4-5,7-10,12,14-19,21,23,31-32,42-43,47,49-50,55,62H,1-3,11,20,22,24-30,33-36H2,(H2,61,70)(H,63,75)(H,65,73)(H,64,71,74)(H2,78,79,80)/t42-,43+,47-,49?,50-/m0/s1. The monoisotopic (exact) mass is 1120 g/mol. The van der Waals surface area contributed by atoms with E-state index in [1.165, 1.54) is 9.80 Å². The van der Waals surface area contributed by atoms with Crippen LogP contribution in [-0.2, 0) is 50.8 Å². The third-order valence-corrected chi connectivity index (χ3v) is 16.4. The van der Waals surface area contributed by atoms with Crippen molar-refractivity contribution in [1.29, 1.82) is 0 Å². The molecule has 0 radical (unpaired) electrons. The number of benzene rings is 4. The van der Waals surface area contributed by atoms with Gasteiger partial charge in [0.25, 0.3) is 5.91 Å². The van der Waals surface area contributed by atoms with Crippen molar-refractivity contribution >= 4 is 71.5 Å². The summed E-state index contributed by atoms with van der Waals surface area (Å²) in [5, 5.41) is 8.75. The number of primary amides is 1. The van der Waals surface area contributed by atoms with E-state index < -0.39 is 85.2 Å². The van der Waals surface area contributed by atoms with Gasteiger partial charge in [0.1, 0.15) is 18.1 Å². The van der Waals surface area contributed by atoms with Gasteiger partial charge in [0.05, 0.1) is 23.8 Å². The molecule has 5 atom stereocenters. The Kier molecular flexibility index (Phi) is 18.1. The third kappa shape index (κ3) is 14.0. The summed E-state index contributed by atoms with van der Waals surface area (Å²) in [5.74, 6) is 1.13. The molecule has 9 rings (SSSR count). The Bertz CT molecular complexity index is 3330. The number of Topliss-reactive ketones (excluding diaryl/α,β-unsaturated/α-hetero) is 1. The Morgan fingerprint density at radius 3 is 2.26 bits per heavy atom. The van der Waals surface area contributed by atoms with Crippen LogP contribution in [0.1, 0.15) is 138 Å². The molecule has 4 aliphatic heterocycles. The molecule has 0 spiro atoms. The second-order valence-corrected chi connectivity index (χ2v) is 22.9. The predicted octanol–water partition coefficient (Wildman–Crippen LogP) is 5.05. The van der Waals surface area contributed by atoms with Crippen molar-refractivity contribution in [3.05, 3.63) is 142 Å². The van der Waals surface area contributed by atoms with Crippen LogP contribution in [0.5, 0.6) is 0 Å². The highest BCUT2D eigenvalue weighted by Gasteiger charge is 2.46. The van der Waals surface area contributed by atoms with Crippen LogP contribution >= 0.6 is 7.60 Å². The fourth-order valence-electron chi connectivity index (χ4n) is 11.5. The minimum atomic E-state index is -4.39. The Labute approximate surface area is 468 Å². The van der Waals surface area contributed by atoms with Crippen LogP contribution in [-0.4, -0.2) is 120 Å². The number of nitrogens with zero attached hydrogens (tertiary/aromatic N) is 3. The van der Waals surface area contributed by atoms with Crippen molar-refractivity contribution in [3.63, 3.8) is 0 Å². The molecule has 3 saturated heterocycles. The highest BCUT2D eigenvalue weighted by Crippen LogP contribution is 2.40. The maximum Gasteiger partial charge on any atom is 0.329 e. The first-order chi connectivity index (χ1) is 38.9. The molecule has 20 nitrogen and oxygen atoms in total. The van der Waals surface area contributed by atoms with E-state index in [9.17, 15) is 52.7 Å². The van der Waals surface area contributed by atoms with Crippen molar-refractivity contribution in [3.8, 4) is 11.8 Å². The van der Waals surface area contributed by atoms with E-state index in [2.05, 4.69) is 32.8 Å². The average molecular weight is 1120 g/mol. The van der Waals surface area contributed by atoms with Crippen LogP contribution in [0, 0.1) is 17.8 Å². The average Bonchev–Trinajstić information content (AvgIpc) is 4.18. The smallest absolute Gasteiger partial charge is 0.329 e. The van der Waals surface area contributed by atoms with E-state index in [1.807, 2.05) is 66.7 Å². The maximum absolute atomic E-state index is 15.1. The predicted molar refractivity (Wildman–Crippen MR) is 297 cm³/mol. The maximum atomic E-state index is 15.1. The molecule has 0 aliphatic carbocycles. The van der Waals surface area contributed by atoms with Crippen molar-refractivity contribution < 1.29 is 57.5 Å². The molecule has 0 saturated carbocycles. The lowest BCUT2D eigenvalue weighted by molar-refractivity contribution is -0.148. The molecule has 1 unspecified atom stereocenters. The van der Waals surface area contributed by atoms with Crippen molar-refractivity contribution in [2.24, 2.45) is 11.7 Å². The van der Waals surface area contributed by atoms with Crippen LogP contribution in [0.3, 0.4) is 0 Å². The van der Waals surface area contributed by atoms with Gasteiger partial charge in [-0.15, -0.1) is 0 Å². The summed E-state index contributed by atoms with van der Waals surface area (Å²) in [5.41, 5.74) is 10.1. The number of ketones is 1. The zero-order chi connectivity index (χ0) is 57.4. The number of unbranched alkanes of at least 4 members (excludes halogenated alkanes) is 3. The largest absolute Gasteiger partial charge is 0.370 e. The first-order valence-electron chi connectivity index (χ1n) is 27.4. The number of carbonyl (C=O) groups is 9. The SMILES string of the molecule is NC(=O)CC[C@H](NC(=O)[C@@H]1CC[C@@H]2CCN(C(=O)CCCCCC#Cc3cccc4c3CN(C3CCC(=O)NC3=O)C4=O)C[C@H](CC(=O)c3cc4cc(CP(=O)(O)O)ccc4[nH]3)C(=O)N21)C(=O)NC(c1ccccc1)c1ccccc1. The molecule has 422 valence electrons. The highest BCUT2D eigenvalue weighted by molar-refractivity contribution is 7.50. The number of aromatic amines is 1. The van der Waals surface area contributed by atoms with Crippen molar-refractivity contribution in [1.82, 2.24) is 35.6 Å². The molecular formula is C60H65N8O12P. The summed E-state index contributed by atoms with van der Waals surface area (Å²) in [6.07, 6.45) is 2.72. The van der Waals surface area contributed by atoms with Crippen molar-refractivity contribution in [2.45, 2.75) is 126 Å². The number of H-pyrrole nitrogens is 1.